The molecule has 1 rings (SSSR count). The van der Waals surface area contributed by atoms with E-state index in [0.717, 1.165) is 29.9 Å². The lowest BCUT2D eigenvalue weighted by Crippen LogP contribution is -2.17. The first-order chi connectivity index (χ1) is 6.15. The Morgan fingerprint density at radius 2 is 2.46 bits per heavy atom. The van der Waals surface area contributed by atoms with Gasteiger partial charge in [0.2, 0.25) is 0 Å². The van der Waals surface area contributed by atoms with Crippen LogP contribution in [0.4, 0.5) is 0 Å². The fourth-order valence-corrected chi connectivity index (χ4v) is 2.63. The Morgan fingerprint density at radius 1 is 1.77 bits per heavy atom. The van der Waals surface area contributed by atoms with E-state index in [1.165, 1.54) is 0 Å². The number of ketones is 1. The van der Waals surface area contributed by atoms with Gasteiger partial charge in [0, 0.05) is 16.5 Å². The molecule has 0 aromatic carbocycles. The van der Waals surface area contributed by atoms with Gasteiger partial charge in [-0.25, -0.2) is 0 Å². The summed E-state index contributed by atoms with van der Waals surface area (Å²) in [7, 11) is 0. The summed E-state index contributed by atoms with van der Waals surface area (Å²) in [4.78, 5) is 11.4. The van der Waals surface area contributed by atoms with Crippen molar-refractivity contribution in [2.45, 2.75) is 32.6 Å². The summed E-state index contributed by atoms with van der Waals surface area (Å²) in [5, 5.41) is 0. The zero-order valence-electron chi connectivity index (χ0n) is 8.21. The van der Waals surface area contributed by atoms with Crippen molar-refractivity contribution < 1.29 is 4.79 Å². The molecule has 1 fully saturated rings. The van der Waals surface area contributed by atoms with E-state index in [9.17, 15) is 4.79 Å². The van der Waals surface area contributed by atoms with Crippen molar-refractivity contribution in [3.05, 3.63) is 0 Å². The third kappa shape index (κ3) is 3.06. The van der Waals surface area contributed by atoms with Gasteiger partial charge in [-0.15, -0.1) is 11.8 Å². The van der Waals surface area contributed by atoms with Gasteiger partial charge in [0.1, 0.15) is 5.78 Å². The van der Waals surface area contributed by atoms with Gasteiger partial charge in [0.25, 0.3) is 0 Å². The fourth-order valence-electron chi connectivity index (χ4n) is 1.93. The molecular formula is C10H16OS2. The molecule has 0 aromatic heterocycles. The molecule has 0 spiro atoms. The van der Waals surface area contributed by atoms with Crippen molar-refractivity contribution in [2.24, 2.45) is 11.8 Å². The van der Waals surface area contributed by atoms with Crippen LogP contribution >= 0.6 is 24.0 Å². The van der Waals surface area contributed by atoms with Crippen molar-refractivity contribution in [2.75, 3.05) is 6.26 Å². The normalized spacial score (nSPS) is 24.8. The van der Waals surface area contributed by atoms with E-state index in [1.807, 2.05) is 6.26 Å². The predicted octanol–water partition coefficient (Wildman–Crippen LogP) is 3.07. The van der Waals surface area contributed by atoms with Gasteiger partial charge in [-0.2, -0.15) is 0 Å². The second kappa shape index (κ2) is 5.11. The number of Topliss-reactive ketones (excluding diaryl/α,β-unsaturated/α-hetero) is 1. The van der Waals surface area contributed by atoms with Crippen molar-refractivity contribution in [1.82, 2.24) is 0 Å². The Kier molecular flexibility index (Phi) is 4.39. The van der Waals surface area contributed by atoms with E-state index in [2.05, 4.69) is 6.92 Å². The smallest absolute Gasteiger partial charge is 0.136 e. The number of carbonyl (C=O) groups excluding carboxylic acids is 1. The highest BCUT2D eigenvalue weighted by Crippen LogP contribution is 2.31. The molecule has 2 atom stereocenters. The molecule has 1 nitrogen and oxygen atoms in total. The standard InChI is InChI=1S/C10H16OS2/c1-7(6-10(12)13-2)8-4-3-5-9(8)11/h7-8H,3-6H2,1-2H3. The van der Waals surface area contributed by atoms with Crippen molar-refractivity contribution in [3.63, 3.8) is 0 Å². The van der Waals surface area contributed by atoms with Crippen LogP contribution in [-0.4, -0.2) is 16.2 Å². The van der Waals surface area contributed by atoms with Crippen LogP contribution in [-0.2, 0) is 4.79 Å². The third-order valence-electron chi connectivity index (χ3n) is 2.76. The molecule has 3 heteroatoms. The maximum Gasteiger partial charge on any atom is 0.136 e. The van der Waals surface area contributed by atoms with Gasteiger partial charge in [0.15, 0.2) is 0 Å². The van der Waals surface area contributed by atoms with E-state index in [0.29, 0.717) is 17.6 Å². The van der Waals surface area contributed by atoms with Gasteiger partial charge in [-0.1, -0.05) is 19.1 Å². The van der Waals surface area contributed by atoms with Gasteiger partial charge in [-0.05, 0) is 31.4 Å². The summed E-state index contributed by atoms with van der Waals surface area (Å²) >= 11 is 6.79. The Labute approximate surface area is 89.7 Å². The minimum Gasteiger partial charge on any atom is -0.299 e. The average Bonchev–Trinajstić information content (AvgIpc) is 2.51. The highest BCUT2D eigenvalue weighted by Gasteiger charge is 2.29. The summed E-state index contributed by atoms with van der Waals surface area (Å²) in [6.45, 7) is 2.15. The lowest BCUT2D eigenvalue weighted by Gasteiger charge is -2.16. The molecule has 1 saturated carbocycles. The van der Waals surface area contributed by atoms with Gasteiger partial charge in [0.05, 0.1) is 0 Å². The molecule has 0 bridgehead atoms. The van der Waals surface area contributed by atoms with Crippen LogP contribution in [0.25, 0.3) is 0 Å². The van der Waals surface area contributed by atoms with Crippen LogP contribution in [0.5, 0.6) is 0 Å². The Morgan fingerprint density at radius 3 is 2.92 bits per heavy atom. The molecule has 0 radical (unpaired) electrons. The fraction of sp³-hybridized carbons (Fsp3) is 0.800. The van der Waals surface area contributed by atoms with Crippen LogP contribution in [0, 0.1) is 11.8 Å². The Bertz CT molecular complexity index is 213. The second-order valence-corrected chi connectivity index (χ2v) is 5.37. The van der Waals surface area contributed by atoms with Crippen LogP contribution < -0.4 is 0 Å². The van der Waals surface area contributed by atoms with E-state index in [4.69, 9.17) is 12.2 Å². The molecule has 1 aliphatic rings. The van der Waals surface area contributed by atoms with Crippen molar-refractivity contribution >= 4 is 34.0 Å². The van der Waals surface area contributed by atoms with Gasteiger partial charge >= 0.3 is 0 Å². The van der Waals surface area contributed by atoms with E-state index in [1.54, 1.807) is 11.8 Å². The van der Waals surface area contributed by atoms with E-state index >= 15 is 0 Å². The molecule has 0 aromatic rings. The van der Waals surface area contributed by atoms with Crippen LogP contribution in [0.3, 0.4) is 0 Å². The van der Waals surface area contributed by atoms with Crippen LogP contribution in [0.15, 0.2) is 0 Å². The van der Waals surface area contributed by atoms with Crippen LogP contribution in [0.1, 0.15) is 32.6 Å². The maximum atomic E-state index is 11.4. The summed E-state index contributed by atoms with van der Waals surface area (Å²) in [6, 6.07) is 0. The second-order valence-electron chi connectivity index (χ2n) is 3.72. The quantitative estimate of drug-likeness (QED) is 0.675. The highest BCUT2D eigenvalue weighted by atomic mass is 32.2. The minimum absolute atomic E-state index is 0.296. The first kappa shape index (κ1) is 11.2. The number of hydrogen-bond acceptors (Lipinski definition) is 3. The topological polar surface area (TPSA) is 17.1 Å². The number of hydrogen-bond donors (Lipinski definition) is 0. The van der Waals surface area contributed by atoms with Gasteiger partial charge < -0.3 is 0 Å². The molecule has 0 aliphatic heterocycles. The maximum absolute atomic E-state index is 11.4. The zero-order valence-corrected chi connectivity index (χ0v) is 9.84. The Hall–Kier alpha value is 0.110. The van der Waals surface area contributed by atoms with Gasteiger partial charge in [-0.3, -0.25) is 4.79 Å². The molecule has 0 heterocycles. The Balaban J connectivity index is 2.42. The van der Waals surface area contributed by atoms with Crippen molar-refractivity contribution in [1.29, 1.82) is 0 Å². The molecule has 0 N–H and O–H groups in total. The molecule has 13 heavy (non-hydrogen) atoms. The van der Waals surface area contributed by atoms with Crippen molar-refractivity contribution in [3.8, 4) is 0 Å². The molecule has 1 aliphatic carbocycles. The number of thiocarbonyl (C=S) groups is 1. The summed E-state index contributed by atoms with van der Waals surface area (Å²) in [6.07, 6.45) is 5.89. The van der Waals surface area contributed by atoms with E-state index < -0.39 is 0 Å². The number of thioether (sulfide) groups is 1. The number of rotatable bonds is 3. The largest absolute Gasteiger partial charge is 0.299 e. The summed E-state index contributed by atoms with van der Waals surface area (Å²) < 4.78 is 1.03. The first-order valence-corrected chi connectivity index (χ1v) is 6.38. The summed E-state index contributed by atoms with van der Waals surface area (Å²) in [5.74, 6) is 1.21. The summed E-state index contributed by atoms with van der Waals surface area (Å²) in [5.41, 5.74) is 0. The zero-order chi connectivity index (χ0) is 9.84. The highest BCUT2D eigenvalue weighted by molar-refractivity contribution is 8.22. The average molecular weight is 216 g/mol. The lowest BCUT2D eigenvalue weighted by atomic mass is 9.90. The monoisotopic (exact) mass is 216 g/mol. The minimum atomic E-state index is 0.296. The molecule has 0 amide bonds. The first-order valence-electron chi connectivity index (χ1n) is 4.74. The SMILES string of the molecule is CSC(=S)CC(C)C1CCCC1=O. The molecule has 74 valence electrons. The molecular weight excluding hydrogens is 200 g/mol. The number of carbonyl (C=O) groups is 1. The lowest BCUT2D eigenvalue weighted by molar-refractivity contribution is -0.121. The van der Waals surface area contributed by atoms with Crippen LogP contribution in [0.2, 0.25) is 0 Å². The van der Waals surface area contributed by atoms with E-state index in [-0.39, 0.29) is 0 Å². The third-order valence-corrected chi connectivity index (χ3v) is 4.04. The predicted molar refractivity (Wildman–Crippen MR) is 62.2 cm³/mol. The molecule has 0 saturated heterocycles. The molecule has 2 unspecified atom stereocenters.